The Balaban J connectivity index is 2.41. The Bertz CT molecular complexity index is 163. The molecular formula is C8H14INO2. The van der Waals surface area contributed by atoms with Crippen molar-refractivity contribution in [2.75, 3.05) is 4.43 Å². The van der Waals surface area contributed by atoms with Gasteiger partial charge in [0.25, 0.3) is 0 Å². The van der Waals surface area contributed by atoms with E-state index in [4.69, 9.17) is 5.11 Å². The first kappa shape index (κ1) is 10.1. The summed E-state index contributed by atoms with van der Waals surface area (Å²) in [5.41, 5.74) is 0. The molecule has 2 N–H and O–H groups in total. The molecule has 0 unspecified atom stereocenters. The Morgan fingerprint density at radius 2 is 2.17 bits per heavy atom. The Hall–Kier alpha value is 0. The van der Waals surface area contributed by atoms with Crippen LogP contribution in [0.4, 0.5) is 4.79 Å². The van der Waals surface area contributed by atoms with E-state index in [1.54, 1.807) is 0 Å². The van der Waals surface area contributed by atoms with E-state index < -0.39 is 6.09 Å². The second-order valence-corrected chi connectivity index (χ2v) is 4.14. The molecule has 3 nitrogen and oxygen atoms in total. The van der Waals surface area contributed by atoms with E-state index in [2.05, 4.69) is 27.9 Å². The Kier molecular flexibility index (Phi) is 4.11. The number of hydrogen-bond donors (Lipinski definition) is 2. The zero-order chi connectivity index (χ0) is 8.97. The van der Waals surface area contributed by atoms with E-state index in [0.29, 0.717) is 5.92 Å². The fraction of sp³-hybridized carbons (Fsp3) is 0.875. The summed E-state index contributed by atoms with van der Waals surface area (Å²) < 4.78 is 1.06. The molecule has 12 heavy (non-hydrogen) atoms. The molecule has 0 aromatic rings. The summed E-state index contributed by atoms with van der Waals surface area (Å²) >= 11 is 2.34. The summed E-state index contributed by atoms with van der Waals surface area (Å²) in [6, 6.07) is 0.202. The largest absolute Gasteiger partial charge is 0.465 e. The van der Waals surface area contributed by atoms with Crippen LogP contribution in [-0.4, -0.2) is 21.7 Å². The highest BCUT2D eigenvalue weighted by molar-refractivity contribution is 14.1. The SMILES string of the molecule is O=C(O)N[C@H]1CCCC[C@@H]1CI. The van der Waals surface area contributed by atoms with Gasteiger partial charge in [0.2, 0.25) is 0 Å². The highest BCUT2D eigenvalue weighted by atomic mass is 127. The molecule has 1 aliphatic carbocycles. The lowest BCUT2D eigenvalue weighted by Crippen LogP contribution is -2.41. The third-order valence-electron chi connectivity index (χ3n) is 2.42. The van der Waals surface area contributed by atoms with Crippen LogP contribution in [0, 0.1) is 5.92 Å². The Labute approximate surface area is 86.1 Å². The van der Waals surface area contributed by atoms with Crippen LogP contribution < -0.4 is 5.32 Å². The lowest BCUT2D eigenvalue weighted by Gasteiger charge is -2.29. The van der Waals surface area contributed by atoms with Gasteiger partial charge in [-0.1, -0.05) is 35.4 Å². The molecule has 0 aliphatic heterocycles. The van der Waals surface area contributed by atoms with Crippen molar-refractivity contribution >= 4 is 28.7 Å². The molecule has 0 spiro atoms. The van der Waals surface area contributed by atoms with Gasteiger partial charge in [-0.2, -0.15) is 0 Å². The molecule has 4 heteroatoms. The first-order valence-corrected chi connectivity index (χ1v) is 5.82. The Morgan fingerprint density at radius 1 is 1.50 bits per heavy atom. The molecule has 1 saturated carbocycles. The van der Waals surface area contributed by atoms with Crippen molar-refractivity contribution in [2.45, 2.75) is 31.7 Å². The number of nitrogens with one attached hydrogen (secondary N) is 1. The summed E-state index contributed by atoms with van der Waals surface area (Å²) in [4.78, 5) is 10.4. The topological polar surface area (TPSA) is 49.3 Å². The van der Waals surface area contributed by atoms with Gasteiger partial charge in [-0.15, -0.1) is 0 Å². The van der Waals surface area contributed by atoms with Gasteiger partial charge in [0, 0.05) is 10.5 Å². The van der Waals surface area contributed by atoms with E-state index >= 15 is 0 Å². The highest BCUT2D eigenvalue weighted by Crippen LogP contribution is 2.25. The molecule has 2 atom stereocenters. The van der Waals surface area contributed by atoms with Crippen LogP contribution in [0.25, 0.3) is 0 Å². The lowest BCUT2D eigenvalue weighted by atomic mass is 9.86. The molecule has 0 aromatic carbocycles. The summed E-state index contributed by atoms with van der Waals surface area (Å²) in [5.74, 6) is 0.551. The maximum absolute atomic E-state index is 10.4. The van der Waals surface area contributed by atoms with Gasteiger partial charge in [0.05, 0.1) is 0 Å². The number of rotatable bonds is 2. The molecule has 1 amide bonds. The number of alkyl halides is 1. The molecule has 0 heterocycles. The van der Waals surface area contributed by atoms with Gasteiger partial charge in [-0.3, -0.25) is 0 Å². The molecule has 1 aliphatic rings. The normalized spacial score (nSPS) is 29.8. The van der Waals surface area contributed by atoms with Gasteiger partial charge in [-0.05, 0) is 18.8 Å². The maximum atomic E-state index is 10.4. The third kappa shape index (κ3) is 2.80. The average molecular weight is 283 g/mol. The quantitative estimate of drug-likeness (QED) is 0.603. The van der Waals surface area contributed by atoms with Gasteiger partial charge in [-0.25, -0.2) is 4.79 Å². The summed E-state index contributed by atoms with van der Waals surface area (Å²) in [5, 5.41) is 11.2. The average Bonchev–Trinajstić information content (AvgIpc) is 2.04. The van der Waals surface area contributed by atoms with Crippen molar-refractivity contribution in [3.05, 3.63) is 0 Å². The lowest BCUT2D eigenvalue weighted by molar-refractivity contribution is 0.178. The van der Waals surface area contributed by atoms with Gasteiger partial charge in [0.1, 0.15) is 0 Å². The molecule has 0 saturated heterocycles. The molecule has 70 valence electrons. The smallest absolute Gasteiger partial charge is 0.404 e. The fourth-order valence-electron chi connectivity index (χ4n) is 1.74. The van der Waals surface area contributed by atoms with Crippen LogP contribution >= 0.6 is 22.6 Å². The third-order valence-corrected chi connectivity index (χ3v) is 3.55. The monoisotopic (exact) mass is 283 g/mol. The number of halogens is 1. The minimum atomic E-state index is -0.878. The number of carbonyl (C=O) groups is 1. The van der Waals surface area contributed by atoms with Crippen molar-refractivity contribution in [3.63, 3.8) is 0 Å². The second-order valence-electron chi connectivity index (χ2n) is 3.25. The van der Waals surface area contributed by atoms with E-state index in [1.165, 1.54) is 12.8 Å². The van der Waals surface area contributed by atoms with Crippen LogP contribution in [0.15, 0.2) is 0 Å². The Morgan fingerprint density at radius 3 is 2.75 bits per heavy atom. The molecule has 1 rings (SSSR count). The zero-order valence-corrected chi connectivity index (χ0v) is 9.08. The maximum Gasteiger partial charge on any atom is 0.404 e. The standard InChI is InChI=1S/C8H14INO2/c9-5-6-3-1-2-4-7(6)10-8(11)12/h6-7,10H,1-5H2,(H,11,12)/t6-,7+/m1/s1. The molecular weight excluding hydrogens is 269 g/mol. The summed E-state index contributed by atoms with van der Waals surface area (Å²) in [7, 11) is 0. The van der Waals surface area contributed by atoms with Gasteiger partial charge >= 0.3 is 6.09 Å². The first-order valence-electron chi connectivity index (χ1n) is 4.29. The van der Waals surface area contributed by atoms with Crippen LogP contribution in [0.5, 0.6) is 0 Å². The van der Waals surface area contributed by atoms with Gasteiger partial charge in [0.15, 0.2) is 0 Å². The van der Waals surface area contributed by atoms with E-state index in [-0.39, 0.29) is 6.04 Å². The number of hydrogen-bond acceptors (Lipinski definition) is 1. The molecule has 0 aromatic heterocycles. The van der Waals surface area contributed by atoms with E-state index in [1.807, 2.05) is 0 Å². The van der Waals surface area contributed by atoms with Crippen molar-refractivity contribution in [1.82, 2.24) is 5.32 Å². The van der Waals surface area contributed by atoms with Crippen LogP contribution in [-0.2, 0) is 0 Å². The predicted octanol–water partition coefficient (Wildman–Crippen LogP) is 2.25. The van der Waals surface area contributed by atoms with Crippen molar-refractivity contribution in [3.8, 4) is 0 Å². The number of carboxylic acid groups (broad SMARTS) is 1. The van der Waals surface area contributed by atoms with Crippen LogP contribution in [0.3, 0.4) is 0 Å². The zero-order valence-electron chi connectivity index (χ0n) is 6.92. The molecule has 1 fully saturated rings. The van der Waals surface area contributed by atoms with E-state index in [0.717, 1.165) is 17.3 Å². The van der Waals surface area contributed by atoms with Crippen LogP contribution in [0.2, 0.25) is 0 Å². The van der Waals surface area contributed by atoms with Crippen molar-refractivity contribution in [1.29, 1.82) is 0 Å². The fourth-order valence-corrected chi connectivity index (χ4v) is 2.80. The number of amides is 1. The molecule has 0 radical (unpaired) electrons. The van der Waals surface area contributed by atoms with Crippen LogP contribution in [0.1, 0.15) is 25.7 Å². The summed E-state index contributed by atoms with van der Waals surface area (Å²) in [6.45, 7) is 0. The molecule has 0 bridgehead atoms. The first-order chi connectivity index (χ1) is 5.74. The van der Waals surface area contributed by atoms with Crippen molar-refractivity contribution in [2.24, 2.45) is 5.92 Å². The second kappa shape index (κ2) is 4.89. The van der Waals surface area contributed by atoms with E-state index in [9.17, 15) is 4.79 Å². The minimum Gasteiger partial charge on any atom is -0.465 e. The van der Waals surface area contributed by atoms with Gasteiger partial charge < -0.3 is 10.4 Å². The minimum absolute atomic E-state index is 0.202. The predicted molar refractivity (Wildman–Crippen MR) is 55.8 cm³/mol. The highest BCUT2D eigenvalue weighted by Gasteiger charge is 2.24. The van der Waals surface area contributed by atoms with Crippen molar-refractivity contribution < 1.29 is 9.90 Å². The summed E-state index contributed by atoms with van der Waals surface area (Å²) in [6.07, 6.45) is 3.73.